The summed E-state index contributed by atoms with van der Waals surface area (Å²) >= 11 is 1.24. The van der Waals surface area contributed by atoms with Gasteiger partial charge in [-0.15, -0.1) is 11.3 Å². The molecule has 1 N–H and O–H groups in total. The quantitative estimate of drug-likeness (QED) is 0.563. The third-order valence-corrected chi connectivity index (χ3v) is 5.70. The summed E-state index contributed by atoms with van der Waals surface area (Å²) in [5.41, 5.74) is 5.38. The summed E-state index contributed by atoms with van der Waals surface area (Å²) in [5.74, 6) is -0.224. The van der Waals surface area contributed by atoms with Crippen molar-refractivity contribution in [3.63, 3.8) is 0 Å². The molecule has 1 aromatic carbocycles. The largest absolute Gasteiger partial charge is 0.321 e. The van der Waals surface area contributed by atoms with Crippen LogP contribution in [-0.4, -0.2) is 15.3 Å². The predicted octanol–water partition coefficient (Wildman–Crippen LogP) is 4.40. The predicted molar refractivity (Wildman–Crippen MR) is 110 cm³/mol. The third-order valence-electron chi connectivity index (χ3n) is 4.67. The van der Waals surface area contributed by atoms with Crippen LogP contribution in [0.3, 0.4) is 0 Å². The minimum Gasteiger partial charge on any atom is -0.321 e. The highest BCUT2D eigenvalue weighted by molar-refractivity contribution is 7.20. The van der Waals surface area contributed by atoms with Gasteiger partial charge < -0.3 is 5.32 Å². The van der Waals surface area contributed by atoms with E-state index in [1.807, 2.05) is 52.0 Å². The van der Waals surface area contributed by atoms with Gasteiger partial charge in [-0.1, -0.05) is 23.8 Å². The molecule has 3 heterocycles. The number of nitrogens with zero attached hydrogens (tertiary/aromatic N) is 2. The van der Waals surface area contributed by atoms with E-state index in [0.717, 1.165) is 27.9 Å². The maximum Gasteiger partial charge on any atom is 0.266 e. The van der Waals surface area contributed by atoms with Crippen molar-refractivity contribution >= 4 is 38.8 Å². The van der Waals surface area contributed by atoms with Crippen molar-refractivity contribution in [2.75, 3.05) is 5.32 Å². The molecule has 0 radical (unpaired) electrons. The average Bonchev–Trinajstić information content (AvgIpc) is 3.04. The monoisotopic (exact) mass is 377 g/mol. The van der Waals surface area contributed by atoms with Crippen LogP contribution in [0, 0.1) is 27.7 Å². The molecule has 0 unspecified atom stereocenters. The van der Waals surface area contributed by atoms with Crippen LogP contribution < -0.4 is 10.9 Å². The van der Waals surface area contributed by atoms with Gasteiger partial charge in [-0.2, -0.15) is 0 Å². The summed E-state index contributed by atoms with van der Waals surface area (Å²) in [6.45, 7) is 7.90. The Morgan fingerprint density at radius 2 is 1.78 bits per heavy atom. The summed E-state index contributed by atoms with van der Waals surface area (Å²) in [6, 6.07) is 9.45. The molecule has 0 aliphatic carbocycles. The molecule has 0 saturated carbocycles. The molecule has 0 bridgehead atoms. The molecular weight excluding hydrogens is 358 g/mol. The van der Waals surface area contributed by atoms with E-state index >= 15 is 0 Å². The number of anilines is 1. The third kappa shape index (κ3) is 2.92. The lowest BCUT2D eigenvalue weighted by molar-refractivity contribution is 0.103. The number of hydrogen-bond donors (Lipinski definition) is 1. The maximum atomic E-state index is 12.8. The van der Waals surface area contributed by atoms with Crippen LogP contribution in [0.15, 0.2) is 41.3 Å². The first-order chi connectivity index (χ1) is 12.8. The Kier molecular flexibility index (Phi) is 4.08. The van der Waals surface area contributed by atoms with Crippen LogP contribution in [0.4, 0.5) is 5.69 Å². The molecule has 0 saturated heterocycles. The van der Waals surface area contributed by atoms with Crippen molar-refractivity contribution < 1.29 is 4.79 Å². The van der Waals surface area contributed by atoms with Gasteiger partial charge in [0.25, 0.3) is 11.5 Å². The van der Waals surface area contributed by atoms with Gasteiger partial charge in [-0.05, 0) is 56.5 Å². The van der Waals surface area contributed by atoms with E-state index in [0.29, 0.717) is 20.7 Å². The number of hydrogen-bond acceptors (Lipinski definition) is 4. The summed E-state index contributed by atoms with van der Waals surface area (Å²) in [5, 5.41) is 3.45. The van der Waals surface area contributed by atoms with Crippen LogP contribution in [0.1, 0.15) is 31.9 Å². The Bertz CT molecular complexity index is 1260. The zero-order valence-electron chi connectivity index (χ0n) is 15.6. The molecule has 4 aromatic rings. The number of carbonyl (C=O) groups excluding carboxylic acids is 1. The fraction of sp³-hybridized carbons (Fsp3) is 0.190. The van der Waals surface area contributed by atoms with Crippen molar-refractivity contribution in [2.24, 2.45) is 0 Å². The van der Waals surface area contributed by atoms with E-state index in [1.54, 1.807) is 12.3 Å². The van der Waals surface area contributed by atoms with Gasteiger partial charge in [0.05, 0.1) is 10.3 Å². The molecule has 3 aromatic heterocycles. The van der Waals surface area contributed by atoms with Gasteiger partial charge in [-0.3, -0.25) is 14.0 Å². The number of amides is 1. The van der Waals surface area contributed by atoms with Gasteiger partial charge in [-0.25, -0.2) is 4.98 Å². The van der Waals surface area contributed by atoms with E-state index in [-0.39, 0.29) is 11.5 Å². The van der Waals surface area contributed by atoms with Gasteiger partial charge in [0.15, 0.2) is 0 Å². The lowest BCUT2D eigenvalue weighted by atomic mass is 10.1. The van der Waals surface area contributed by atoms with Crippen LogP contribution in [0.5, 0.6) is 0 Å². The van der Waals surface area contributed by atoms with Crippen molar-refractivity contribution in [2.45, 2.75) is 27.7 Å². The van der Waals surface area contributed by atoms with Crippen molar-refractivity contribution in [3.05, 3.63) is 74.0 Å². The van der Waals surface area contributed by atoms with Gasteiger partial charge in [0, 0.05) is 11.9 Å². The normalized spacial score (nSPS) is 11.3. The molecule has 5 nitrogen and oxygen atoms in total. The minimum absolute atomic E-state index is 0.156. The number of aryl methyl sites for hydroxylation is 4. The number of benzene rings is 1. The smallest absolute Gasteiger partial charge is 0.266 e. The molecule has 1 amide bonds. The minimum atomic E-state index is -0.224. The highest BCUT2D eigenvalue weighted by Crippen LogP contribution is 2.26. The number of pyridine rings is 1. The number of rotatable bonds is 2. The number of fused-ring (bicyclic) bond motifs is 2. The fourth-order valence-corrected chi connectivity index (χ4v) is 4.34. The maximum absolute atomic E-state index is 12.8. The van der Waals surface area contributed by atoms with Crippen LogP contribution >= 0.6 is 11.3 Å². The molecular formula is C21H19N3O2S. The lowest BCUT2D eigenvalue weighted by Gasteiger charge is -2.12. The van der Waals surface area contributed by atoms with E-state index < -0.39 is 0 Å². The second kappa shape index (κ2) is 6.32. The molecule has 136 valence electrons. The molecule has 0 atom stereocenters. The van der Waals surface area contributed by atoms with Crippen molar-refractivity contribution in [3.8, 4) is 0 Å². The highest BCUT2D eigenvalue weighted by atomic mass is 32.1. The Morgan fingerprint density at radius 3 is 2.48 bits per heavy atom. The zero-order valence-corrected chi connectivity index (χ0v) is 16.4. The van der Waals surface area contributed by atoms with E-state index in [4.69, 9.17) is 0 Å². The van der Waals surface area contributed by atoms with E-state index in [2.05, 4.69) is 10.3 Å². The van der Waals surface area contributed by atoms with Crippen molar-refractivity contribution in [1.82, 2.24) is 9.38 Å². The molecule has 0 aliphatic rings. The topological polar surface area (TPSA) is 63.5 Å². The summed E-state index contributed by atoms with van der Waals surface area (Å²) in [4.78, 5) is 31.2. The van der Waals surface area contributed by atoms with Gasteiger partial charge >= 0.3 is 0 Å². The number of aromatic nitrogens is 2. The Labute approximate surface area is 160 Å². The van der Waals surface area contributed by atoms with Gasteiger partial charge in [0.1, 0.15) is 10.5 Å². The Hall–Kier alpha value is -2.99. The Balaban J connectivity index is 1.80. The van der Waals surface area contributed by atoms with Gasteiger partial charge in [0.2, 0.25) is 0 Å². The molecule has 0 fully saturated rings. The van der Waals surface area contributed by atoms with Crippen LogP contribution in [-0.2, 0) is 0 Å². The Morgan fingerprint density at radius 1 is 1.07 bits per heavy atom. The highest BCUT2D eigenvalue weighted by Gasteiger charge is 2.17. The second-order valence-corrected chi connectivity index (χ2v) is 7.89. The number of thiophene rings is 1. The fourth-order valence-electron chi connectivity index (χ4n) is 3.42. The number of nitrogens with one attached hydrogen (secondary N) is 1. The molecule has 4 rings (SSSR count). The lowest BCUT2D eigenvalue weighted by Crippen LogP contribution is -2.15. The zero-order chi connectivity index (χ0) is 19.3. The first-order valence-electron chi connectivity index (χ1n) is 8.66. The first-order valence-corrected chi connectivity index (χ1v) is 9.47. The van der Waals surface area contributed by atoms with E-state index in [9.17, 15) is 9.59 Å². The second-order valence-electron chi connectivity index (χ2n) is 6.86. The standard InChI is InChI=1S/C21H19N3O2S/c1-11-8-13(3)17(14(4)9-11)22-19(25)16-10-15-20(27-16)23-18-12(2)6-5-7-24(18)21(15)26/h5-10H,1-4H3,(H,22,25). The SMILES string of the molecule is Cc1cc(C)c(NC(=O)c2cc3c(=O)n4cccc(C)c4nc3s2)c(C)c1. The summed E-state index contributed by atoms with van der Waals surface area (Å²) < 4.78 is 1.53. The van der Waals surface area contributed by atoms with Crippen molar-refractivity contribution in [1.29, 1.82) is 0 Å². The first kappa shape index (κ1) is 17.4. The molecule has 0 aliphatic heterocycles. The molecule has 27 heavy (non-hydrogen) atoms. The number of carbonyl (C=O) groups is 1. The average molecular weight is 377 g/mol. The van der Waals surface area contributed by atoms with E-state index in [1.165, 1.54) is 15.7 Å². The molecule has 6 heteroatoms. The van der Waals surface area contributed by atoms with Crippen LogP contribution in [0.25, 0.3) is 15.9 Å². The van der Waals surface area contributed by atoms with Crippen LogP contribution in [0.2, 0.25) is 0 Å². The summed E-state index contributed by atoms with van der Waals surface area (Å²) in [7, 11) is 0. The summed E-state index contributed by atoms with van der Waals surface area (Å²) in [6.07, 6.45) is 1.70. The molecule has 0 spiro atoms.